The van der Waals surface area contributed by atoms with E-state index in [-0.39, 0.29) is 28.8 Å². The van der Waals surface area contributed by atoms with Gasteiger partial charge in [0.15, 0.2) is 0 Å². The summed E-state index contributed by atoms with van der Waals surface area (Å²) in [6.07, 6.45) is 0. The third-order valence-electron chi connectivity index (χ3n) is 5.14. The van der Waals surface area contributed by atoms with Crippen molar-refractivity contribution in [1.29, 1.82) is 0 Å². The van der Waals surface area contributed by atoms with Crippen molar-refractivity contribution in [2.45, 2.75) is 19.9 Å². The fourth-order valence-corrected chi connectivity index (χ4v) is 3.55. The van der Waals surface area contributed by atoms with Gasteiger partial charge in [0.25, 0.3) is 5.91 Å². The van der Waals surface area contributed by atoms with Crippen LogP contribution in [0.3, 0.4) is 0 Å². The molecule has 3 N–H and O–H groups in total. The molecule has 170 valence electrons. The van der Waals surface area contributed by atoms with Crippen molar-refractivity contribution in [3.05, 3.63) is 59.4 Å². The lowest BCUT2D eigenvalue weighted by molar-refractivity contribution is -0.122. The van der Waals surface area contributed by atoms with Crippen molar-refractivity contribution in [2.24, 2.45) is 0 Å². The first-order valence-corrected chi connectivity index (χ1v) is 10.4. The minimum atomic E-state index is -1.16. The number of piperazine rings is 1. The van der Waals surface area contributed by atoms with Crippen molar-refractivity contribution >= 4 is 29.2 Å². The second-order valence-electron chi connectivity index (χ2n) is 7.98. The van der Waals surface area contributed by atoms with Gasteiger partial charge >= 0.3 is 5.97 Å². The van der Waals surface area contributed by atoms with Crippen LogP contribution in [0.5, 0.6) is 0 Å². The largest absolute Gasteiger partial charge is 0.478 e. The van der Waals surface area contributed by atoms with Gasteiger partial charge in [-0.2, -0.15) is 0 Å². The third kappa shape index (κ3) is 6.04. The maximum absolute atomic E-state index is 13.1. The Balaban J connectivity index is 1.66. The van der Waals surface area contributed by atoms with Gasteiger partial charge < -0.3 is 20.6 Å². The molecule has 0 unspecified atom stereocenters. The summed E-state index contributed by atoms with van der Waals surface area (Å²) in [5.74, 6) is -2.15. The summed E-state index contributed by atoms with van der Waals surface area (Å²) in [4.78, 5) is 40.3. The molecule has 2 aromatic carbocycles. The smallest absolute Gasteiger partial charge is 0.337 e. The van der Waals surface area contributed by atoms with E-state index >= 15 is 0 Å². The zero-order chi connectivity index (χ0) is 23.3. The highest BCUT2D eigenvalue weighted by molar-refractivity contribution is 6.08. The van der Waals surface area contributed by atoms with E-state index in [1.54, 1.807) is 12.1 Å². The predicted molar refractivity (Wildman–Crippen MR) is 120 cm³/mol. The van der Waals surface area contributed by atoms with Gasteiger partial charge in [-0.3, -0.25) is 14.5 Å². The number of benzene rings is 2. The van der Waals surface area contributed by atoms with Gasteiger partial charge in [0.05, 0.1) is 17.8 Å². The van der Waals surface area contributed by atoms with E-state index in [1.165, 1.54) is 30.3 Å². The number of carbonyl (C=O) groups excluding carboxylic acids is 2. The topological polar surface area (TPSA) is 102 Å². The van der Waals surface area contributed by atoms with Gasteiger partial charge in [0, 0.05) is 43.5 Å². The lowest BCUT2D eigenvalue weighted by Crippen LogP contribution is -2.50. The summed E-state index contributed by atoms with van der Waals surface area (Å²) in [5.41, 5.74) is 1.09. The predicted octanol–water partition coefficient (Wildman–Crippen LogP) is 2.42. The van der Waals surface area contributed by atoms with E-state index in [0.29, 0.717) is 32.7 Å². The average Bonchev–Trinajstić information content (AvgIpc) is 2.74. The Kier molecular flexibility index (Phi) is 7.42. The number of amides is 2. The minimum absolute atomic E-state index is 0.0112. The first-order valence-electron chi connectivity index (χ1n) is 10.4. The number of carbonyl (C=O) groups is 3. The lowest BCUT2D eigenvalue weighted by atomic mass is 10.1. The molecule has 2 amide bonds. The first kappa shape index (κ1) is 23.2. The Morgan fingerprint density at radius 3 is 2.28 bits per heavy atom. The van der Waals surface area contributed by atoms with Crippen LogP contribution in [0.15, 0.2) is 42.5 Å². The molecule has 1 heterocycles. The van der Waals surface area contributed by atoms with Crippen LogP contribution >= 0.6 is 0 Å². The molecule has 1 saturated heterocycles. The molecule has 9 heteroatoms. The van der Waals surface area contributed by atoms with Crippen molar-refractivity contribution in [3.63, 3.8) is 0 Å². The zero-order valence-corrected chi connectivity index (χ0v) is 18.1. The second-order valence-corrected chi connectivity index (χ2v) is 7.98. The number of nitrogens with one attached hydrogen (secondary N) is 2. The molecule has 0 saturated carbocycles. The molecule has 3 rings (SSSR count). The number of hydrogen-bond acceptors (Lipinski definition) is 5. The Morgan fingerprint density at radius 1 is 1.03 bits per heavy atom. The molecule has 1 aliphatic rings. The maximum atomic E-state index is 13.1. The minimum Gasteiger partial charge on any atom is -0.478 e. The molecule has 0 atom stereocenters. The lowest BCUT2D eigenvalue weighted by Gasteiger charge is -2.36. The zero-order valence-electron chi connectivity index (χ0n) is 18.1. The second kappa shape index (κ2) is 10.2. The monoisotopic (exact) mass is 442 g/mol. The maximum Gasteiger partial charge on any atom is 0.337 e. The number of carboxylic acid groups (broad SMARTS) is 1. The Bertz CT molecular complexity index is 986. The van der Waals surface area contributed by atoms with Crippen molar-refractivity contribution in [1.82, 2.24) is 10.2 Å². The van der Waals surface area contributed by atoms with E-state index < -0.39 is 17.7 Å². The molecule has 0 aromatic heterocycles. The standard InChI is InChI=1S/C23H27FN4O4/c1-15(2)25-21(29)14-27-9-11-28(12-10-27)18-7-8-20(19(13-18)23(31)32)26-22(30)16-3-5-17(24)6-4-16/h3-8,13,15H,9-12,14H2,1-2H3,(H,25,29)(H,26,30)(H,31,32). The highest BCUT2D eigenvalue weighted by Crippen LogP contribution is 2.25. The summed E-state index contributed by atoms with van der Waals surface area (Å²) >= 11 is 0. The molecule has 1 fully saturated rings. The van der Waals surface area contributed by atoms with E-state index in [0.717, 1.165) is 5.69 Å². The third-order valence-corrected chi connectivity index (χ3v) is 5.14. The molecular weight excluding hydrogens is 415 g/mol. The van der Waals surface area contributed by atoms with Crippen LogP contribution in [-0.2, 0) is 4.79 Å². The van der Waals surface area contributed by atoms with Crippen LogP contribution in [0.2, 0.25) is 0 Å². The Labute approximate surface area is 186 Å². The Morgan fingerprint density at radius 2 is 1.69 bits per heavy atom. The van der Waals surface area contributed by atoms with Gasteiger partial charge in [-0.05, 0) is 56.3 Å². The average molecular weight is 442 g/mol. The normalized spacial score (nSPS) is 14.3. The fourth-order valence-electron chi connectivity index (χ4n) is 3.55. The number of aromatic carboxylic acids is 1. The van der Waals surface area contributed by atoms with Crippen LogP contribution in [0, 0.1) is 5.82 Å². The Hall–Kier alpha value is -3.46. The first-order chi connectivity index (χ1) is 15.2. The number of hydrogen-bond donors (Lipinski definition) is 3. The quantitative estimate of drug-likeness (QED) is 0.609. The van der Waals surface area contributed by atoms with Crippen LogP contribution in [0.1, 0.15) is 34.6 Å². The van der Waals surface area contributed by atoms with Crippen molar-refractivity contribution < 1.29 is 23.9 Å². The van der Waals surface area contributed by atoms with Crippen LogP contribution in [0.25, 0.3) is 0 Å². The van der Waals surface area contributed by atoms with E-state index in [9.17, 15) is 23.9 Å². The van der Waals surface area contributed by atoms with Gasteiger partial charge in [-0.1, -0.05) is 0 Å². The summed E-state index contributed by atoms with van der Waals surface area (Å²) in [6.45, 7) is 6.82. The number of rotatable bonds is 7. The summed E-state index contributed by atoms with van der Waals surface area (Å²) in [7, 11) is 0. The van der Waals surface area contributed by atoms with Gasteiger partial charge in [0.1, 0.15) is 5.82 Å². The van der Waals surface area contributed by atoms with Gasteiger partial charge in [-0.25, -0.2) is 9.18 Å². The van der Waals surface area contributed by atoms with Gasteiger partial charge in [-0.15, -0.1) is 0 Å². The van der Waals surface area contributed by atoms with Crippen molar-refractivity contribution in [2.75, 3.05) is 42.9 Å². The van der Waals surface area contributed by atoms with Gasteiger partial charge in [0.2, 0.25) is 5.91 Å². The molecule has 2 aromatic rings. The molecule has 0 bridgehead atoms. The summed E-state index contributed by atoms with van der Waals surface area (Å²) in [6, 6.07) is 9.95. The summed E-state index contributed by atoms with van der Waals surface area (Å²) < 4.78 is 13.1. The SMILES string of the molecule is CC(C)NC(=O)CN1CCN(c2ccc(NC(=O)c3ccc(F)cc3)c(C(=O)O)c2)CC1. The number of halogens is 1. The number of carboxylic acids is 1. The van der Waals surface area contributed by atoms with E-state index in [4.69, 9.17) is 0 Å². The fraction of sp³-hybridized carbons (Fsp3) is 0.348. The number of anilines is 2. The summed E-state index contributed by atoms with van der Waals surface area (Å²) in [5, 5.41) is 15.1. The molecule has 8 nitrogen and oxygen atoms in total. The highest BCUT2D eigenvalue weighted by Gasteiger charge is 2.22. The molecule has 32 heavy (non-hydrogen) atoms. The molecule has 0 spiro atoms. The van der Waals surface area contributed by atoms with E-state index in [2.05, 4.69) is 20.4 Å². The van der Waals surface area contributed by atoms with E-state index in [1.807, 2.05) is 13.8 Å². The number of nitrogens with zero attached hydrogens (tertiary/aromatic N) is 2. The van der Waals surface area contributed by atoms with Crippen LogP contribution in [-0.4, -0.2) is 66.6 Å². The molecular formula is C23H27FN4O4. The molecule has 1 aliphatic heterocycles. The molecule has 0 aliphatic carbocycles. The highest BCUT2D eigenvalue weighted by atomic mass is 19.1. The van der Waals surface area contributed by atoms with Crippen molar-refractivity contribution in [3.8, 4) is 0 Å². The molecule has 0 radical (unpaired) electrons. The van der Waals surface area contributed by atoms with Crippen LogP contribution in [0.4, 0.5) is 15.8 Å². The van der Waals surface area contributed by atoms with Crippen LogP contribution < -0.4 is 15.5 Å².